The molecule has 3 saturated carbocycles. The fraction of sp³-hybridized carbons (Fsp3) is 0.714. The van der Waals surface area contributed by atoms with Crippen LogP contribution in [0.5, 0.6) is 5.75 Å². The summed E-state index contributed by atoms with van der Waals surface area (Å²) in [6.07, 6.45) is 15.6. The highest BCUT2D eigenvalue weighted by molar-refractivity contribution is 7.80. The largest absolute Gasteiger partial charge is 0.493 e. The van der Waals surface area contributed by atoms with Gasteiger partial charge in [-0.1, -0.05) is 32.6 Å². The Morgan fingerprint density at radius 2 is 1.48 bits per heavy atom. The molecule has 3 aliphatic carbocycles. The van der Waals surface area contributed by atoms with E-state index in [2.05, 4.69) is 19.6 Å². The second-order valence-corrected chi connectivity index (χ2v) is 8.61. The maximum Gasteiger partial charge on any atom is 0.119 e. The molecule has 3 fully saturated rings. The minimum atomic E-state index is 0.463. The average molecular weight is 333 g/mol. The van der Waals surface area contributed by atoms with Gasteiger partial charge in [0.15, 0.2) is 0 Å². The predicted octanol–water partition coefficient (Wildman–Crippen LogP) is 6.67. The zero-order valence-electron chi connectivity index (χ0n) is 14.7. The highest BCUT2D eigenvalue weighted by Crippen LogP contribution is 2.58. The van der Waals surface area contributed by atoms with Gasteiger partial charge in [0.2, 0.25) is 0 Å². The molecule has 0 saturated heterocycles. The van der Waals surface area contributed by atoms with Crippen molar-refractivity contribution >= 4 is 12.6 Å². The van der Waals surface area contributed by atoms with E-state index in [1.165, 1.54) is 70.6 Å². The lowest BCUT2D eigenvalue weighted by Crippen LogP contribution is -2.44. The van der Waals surface area contributed by atoms with Gasteiger partial charge in [0.25, 0.3) is 0 Å². The lowest BCUT2D eigenvalue weighted by Gasteiger charge is -2.53. The lowest BCUT2D eigenvalue weighted by molar-refractivity contribution is -0.0409. The first-order chi connectivity index (χ1) is 11.2. The third kappa shape index (κ3) is 4.26. The van der Waals surface area contributed by atoms with E-state index in [-0.39, 0.29) is 0 Å². The monoisotopic (exact) mass is 332 g/mol. The summed E-state index contributed by atoms with van der Waals surface area (Å²) in [5, 5.41) is 0. The molecule has 2 bridgehead atoms. The summed E-state index contributed by atoms with van der Waals surface area (Å²) in [5.74, 6) is 0.999. The van der Waals surface area contributed by atoms with Gasteiger partial charge in [-0.25, -0.2) is 0 Å². The molecule has 0 radical (unpaired) electrons. The van der Waals surface area contributed by atoms with E-state index in [0.717, 1.165) is 17.3 Å². The number of unbranched alkanes of at least 4 members (excludes halogenated alkanes) is 3. The molecule has 0 spiro atoms. The zero-order chi connectivity index (χ0) is 16.2. The minimum Gasteiger partial charge on any atom is -0.493 e. The van der Waals surface area contributed by atoms with E-state index in [9.17, 15) is 0 Å². The van der Waals surface area contributed by atoms with E-state index < -0.39 is 0 Å². The number of thiol groups is 1. The summed E-state index contributed by atoms with van der Waals surface area (Å²) in [4.78, 5) is 0.999. The van der Waals surface area contributed by atoms with Gasteiger partial charge in [-0.05, 0) is 74.6 Å². The van der Waals surface area contributed by atoms with Crippen molar-refractivity contribution < 1.29 is 4.74 Å². The molecule has 0 amide bonds. The van der Waals surface area contributed by atoms with Crippen LogP contribution in [0.15, 0.2) is 29.2 Å². The van der Waals surface area contributed by atoms with Crippen molar-refractivity contribution in [3.8, 4) is 5.75 Å². The molecule has 128 valence electrons. The highest BCUT2D eigenvalue weighted by Gasteiger charge is 2.48. The molecule has 4 rings (SSSR count). The number of hydrogen-bond donors (Lipinski definition) is 1. The van der Waals surface area contributed by atoms with Crippen LogP contribution in [0, 0.1) is 10.8 Å². The number of hydrogen-bond acceptors (Lipinski definition) is 2. The summed E-state index contributed by atoms with van der Waals surface area (Å²) >= 11 is 4.34. The smallest absolute Gasteiger partial charge is 0.119 e. The summed E-state index contributed by atoms with van der Waals surface area (Å²) in [5.41, 5.74) is 1.16. The van der Waals surface area contributed by atoms with Gasteiger partial charge >= 0.3 is 0 Å². The molecule has 0 aromatic heterocycles. The summed E-state index contributed by atoms with van der Waals surface area (Å²) < 4.78 is 6.13. The molecule has 1 aromatic carbocycles. The van der Waals surface area contributed by atoms with Crippen LogP contribution in [0.25, 0.3) is 0 Å². The summed E-state index contributed by atoms with van der Waals surface area (Å²) in [6, 6.07) is 8.11. The molecule has 23 heavy (non-hydrogen) atoms. The van der Waals surface area contributed by atoms with Crippen LogP contribution in [0.1, 0.15) is 77.6 Å². The van der Waals surface area contributed by atoms with Crippen LogP contribution in [-0.2, 0) is 0 Å². The third-order valence-corrected chi connectivity index (χ3v) is 6.80. The SMILES string of the molecule is CCCCCCC12CCC(COc3ccc(S)cc3)(CC1)CC2. The van der Waals surface area contributed by atoms with Crippen molar-refractivity contribution in [3.05, 3.63) is 24.3 Å². The number of benzene rings is 1. The summed E-state index contributed by atoms with van der Waals surface area (Å²) in [7, 11) is 0. The number of fused-ring (bicyclic) bond motifs is 3. The van der Waals surface area contributed by atoms with Crippen LogP contribution in [0.2, 0.25) is 0 Å². The first-order valence-electron chi connectivity index (χ1n) is 9.57. The molecule has 0 atom stereocenters. The van der Waals surface area contributed by atoms with Crippen molar-refractivity contribution in [2.45, 2.75) is 82.4 Å². The predicted molar refractivity (Wildman–Crippen MR) is 101 cm³/mol. The van der Waals surface area contributed by atoms with Gasteiger partial charge in [-0.2, -0.15) is 0 Å². The molecule has 2 heteroatoms. The number of ether oxygens (including phenoxy) is 1. The van der Waals surface area contributed by atoms with Crippen molar-refractivity contribution in [1.82, 2.24) is 0 Å². The third-order valence-electron chi connectivity index (χ3n) is 6.50. The van der Waals surface area contributed by atoms with Gasteiger partial charge in [-0.3, -0.25) is 0 Å². The Balaban J connectivity index is 1.48. The Labute approximate surface area is 147 Å². The normalized spacial score (nSPS) is 29.7. The van der Waals surface area contributed by atoms with Gasteiger partial charge in [0, 0.05) is 10.3 Å². The van der Waals surface area contributed by atoms with Crippen LogP contribution >= 0.6 is 12.6 Å². The maximum atomic E-state index is 6.13. The molecule has 3 aliphatic rings. The maximum absolute atomic E-state index is 6.13. The fourth-order valence-electron chi connectivity index (χ4n) is 4.64. The molecular formula is C21H32OS. The first kappa shape index (κ1) is 17.2. The lowest BCUT2D eigenvalue weighted by atomic mass is 9.53. The van der Waals surface area contributed by atoms with Crippen molar-refractivity contribution in [3.63, 3.8) is 0 Å². The van der Waals surface area contributed by atoms with Gasteiger partial charge < -0.3 is 4.74 Å². The van der Waals surface area contributed by atoms with Gasteiger partial charge in [-0.15, -0.1) is 12.6 Å². The Hall–Kier alpha value is -0.630. The number of rotatable bonds is 8. The van der Waals surface area contributed by atoms with E-state index in [1.807, 2.05) is 24.3 Å². The fourth-order valence-corrected chi connectivity index (χ4v) is 4.79. The van der Waals surface area contributed by atoms with Crippen LogP contribution < -0.4 is 4.74 Å². The van der Waals surface area contributed by atoms with Crippen LogP contribution in [0.3, 0.4) is 0 Å². The Morgan fingerprint density at radius 3 is 2.09 bits per heavy atom. The van der Waals surface area contributed by atoms with Crippen LogP contribution in [-0.4, -0.2) is 6.61 Å². The average Bonchev–Trinajstić information content (AvgIpc) is 2.60. The van der Waals surface area contributed by atoms with E-state index >= 15 is 0 Å². The van der Waals surface area contributed by atoms with E-state index in [4.69, 9.17) is 4.74 Å². The Morgan fingerprint density at radius 1 is 0.870 bits per heavy atom. The van der Waals surface area contributed by atoms with Gasteiger partial charge in [0.05, 0.1) is 6.61 Å². The van der Waals surface area contributed by atoms with Crippen molar-refractivity contribution in [2.24, 2.45) is 10.8 Å². The molecule has 0 aliphatic heterocycles. The van der Waals surface area contributed by atoms with Crippen molar-refractivity contribution in [1.29, 1.82) is 0 Å². The molecule has 0 heterocycles. The highest BCUT2D eigenvalue weighted by atomic mass is 32.1. The van der Waals surface area contributed by atoms with Crippen molar-refractivity contribution in [2.75, 3.05) is 6.61 Å². The zero-order valence-corrected chi connectivity index (χ0v) is 15.5. The first-order valence-corrected chi connectivity index (χ1v) is 10.0. The molecule has 1 nitrogen and oxygen atoms in total. The quantitative estimate of drug-likeness (QED) is 0.413. The van der Waals surface area contributed by atoms with E-state index in [0.29, 0.717) is 10.8 Å². The minimum absolute atomic E-state index is 0.463. The Bertz CT molecular complexity index is 469. The second kappa shape index (κ2) is 7.51. The van der Waals surface area contributed by atoms with Crippen LogP contribution in [0.4, 0.5) is 0 Å². The molecule has 0 N–H and O–H groups in total. The molecular weight excluding hydrogens is 300 g/mol. The summed E-state index contributed by atoms with van der Waals surface area (Å²) in [6.45, 7) is 3.21. The second-order valence-electron chi connectivity index (χ2n) is 8.09. The molecule has 0 unspecified atom stereocenters. The van der Waals surface area contributed by atoms with Gasteiger partial charge in [0.1, 0.15) is 5.75 Å². The molecule has 1 aromatic rings. The van der Waals surface area contributed by atoms with E-state index in [1.54, 1.807) is 0 Å². The Kier molecular flexibility index (Phi) is 5.61. The standard InChI is InChI=1S/C21H32OS/c1-2-3-4-5-10-20-11-14-21(15-12-20,16-13-20)17-22-18-6-8-19(23)9-7-18/h6-9,23H,2-5,10-17H2,1H3. The topological polar surface area (TPSA) is 9.23 Å².